The molecule has 6 heteroatoms. The molecule has 0 unspecified atom stereocenters. The van der Waals surface area contributed by atoms with Crippen LogP contribution in [-0.4, -0.2) is 58.5 Å². The highest BCUT2D eigenvalue weighted by Gasteiger charge is 2.30. The first-order chi connectivity index (χ1) is 11.6. The molecule has 1 heterocycles. The van der Waals surface area contributed by atoms with Gasteiger partial charge in [0.05, 0.1) is 34.4 Å². The molecule has 0 bridgehead atoms. The SMILES string of the molecule is CCOCCN1CCc2cc(OC)c(OC)cc2[C@H]1CC(=O)OC. The topological polar surface area (TPSA) is 57.2 Å². The summed E-state index contributed by atoms with van der Waals surface area (Å²) in [4.78, 5) is 14.2. The summed E-state index contributed by atoms with van der Waals surface area (Å²) in [5, 5.41) is 0. The Bertz CT molecular complexity index is 561. The third kappa shape index (κ3) is 4.19. The predicted molar refractivity (Wildman–Crippen MR) is 90.7 cm³/mol. The fourth-order valence-electron chi connectivity index (χ4n) is 3.15. The predicted octanol–water partition coefficient (Wildman–Crippen LogP) is 2.20. The summed E-state index contributed by atoms with van der Waals surface area (Å²) in [6.07, 6.45) is 1.21. The Hall–Kier alpha value is -1.79. The molecular formula is C18H27NO5. The number of nitrogens with zero attached hydrogens (tertiary/aromatic N) is 1. The maximum Gasteiger partial charge on any atom is 0.307 e. The van der Waals surface area contributed by atoms with Gasteiger partial charge in [-0.15, -0.1) is 0 Å². The van der Waals surface area contributed by atoms with Gasteiger partial charge >= 0.3 is 5.97 Å². The van der Waals surface area contributed by atoms with E-state index in [-0.39, 0.29) is 12.0 Å². The highest BCUT2D eigenvalue weighted by molar-refractivity contribution is 5.70. The number of carbonyl (C=O) groups is 1. The normalized spacial score (nSPS) is 17.2. The van der Waals surface area contributed by atoms with Gasteiger partial charge in [0.25, 0.3) is 0 Å². The van der Waals surface area contributed by atoms with Crippen LogP contribution in [0.4, 0.5) is 0 Å². The van der Waals surface area contributed by atoms with E-state index in [4.69, 9.17) is 18.9 Å². The summed E-state index contributed by atoms with van der Waals surface area (Å²) >= 11 is 0. The molecule has 0 saturated carbocycles. The molecule has 0 saturated heterocycles. The minimum absolute atomic E-state index is 0.0403. The molecule has 1 aromatic rings. The van der Waals surface area contributed by atoms with Crippen LogP contribution in [0.1, 0.15) is 30.5 Å². The van der Waals surface area contributed by atoms with Crippen molar-refractivity contribution in [2.45, 2.75) is 25.8 Å². The quantitative estimate of drug-likeness (QED) is 0.535. The van der Waals surface area contributed by atoms with Crippen molar-refractivity contribution in [3.63, 3.8) is 0 Å². The second-order valence-corrected chi connectivity index (χ2v) is 5.68. The molecule has 0 radical (unpaired) electrons. The zero-order valence-corrected chi connectivity index (χ0v) is 15.0. The Labute approximate surface area is 143 Å². The summed E-state index contributed by atoms with van der Waals surface area (Å²) in [5.74, 6) is 1.18. The van der Waals surface area contributed by atoms with Gasteiger partial charge in [0.1, 0.15) is 0 Å². The molecule has 1 aromatic carbocycles. The van der Waals surface area contributed by atoms with Crippen LogP contribution in [0.5, 0.6) is 11.5 Å². The number of benzene rings is 1. The lowest BCUT2D eigenvalue weighted by atomic mass is 9.90. The van der Waals surface area contributed by atoms with Gasteiger partial charge in [-0.3, -0.25) is 9.69 Å². The zero-order chi connectivity index (χ0) is 17.5. The standard InChI is InChI=1S/C18H27NO5/c1-5-24-9-8-19-7-6-13-10-16(21-2)17(22-3)11-14(13)15(19)12-18(20)23-4/h10-11,15H,5-9,12H2,1-4H3/t15-/m1/s1. The van der Waals surface area contributed by atoms with Crippen LogP contribution < -0.4 is 9.47 Å². The molecule has 24 heavy (non-hydrogen) atoms. The molecule has 0 spiro atoms. The van der Waals surface area contributed by atoms with Crippen molar-refractivity contribution in [2.75, 3.05) is 47.6 Å². The highest BCUT2D eigenvalue weighted by Crippen LogP contribution is 2.39. The number of hydrogen-bond acceptors (Lipinski definition) is 6. The van der Waals surface area contributed by atoms with Crippen LogP contribution in [0, 0.1) is 0 Å². The second kappa shape index (κ2) is 8.89. The van der Waals surface area contributed by atoms with Gasteiger partial charge in [-0.05, 0) is 36.6 Å². The summed E-state index contributed by atoms with van der Waals surface area (Å²) in [6.45, 7) is 4.98. The molecule has 1 atom stereocenters. The van der Waals surface area contributed by atoms with Crippen molar-refractivity contribution in [1.29, 1.82) is 0 Å². The smallest absolute Gasteiger partial charge is 0.307 e. The number of rotatable bonds is 8. The van der Waals surface area contributed by atoms with Crippen molar-refractivity contribution in [1.82, 2.24) is 4.90 Å². The lowest BCUT2D eigenvalue weighted by Crippen LogP contribution is -2.39. The Morgan fingerprint density at radius 2 is 1.92 bits per heavy atom. The van der Waals surface area contributed by atoms with E-state index in [1.165, 1.54) is 12.7 Å². The summed E-state index contributed by atoms with van der Waals surface area (Å²) in [5.41, 5.74) is 2.29. The molecule has 0 fully saturated rings. The van der Waals surface area contributed by atoms with Crippen molar-refractivity contribution in [3.05, 3.63) is 23.3 Å². The van der Waals surface area contributed by atoms with E-state index < -0.39 is 0 Å². The Morgan fingerprint density at radius 1 is 1.21 bits per heavy atom. The number of methoxy groups -OCH3 is 3. The molecule has 2 rings (SSSR count). The fourth-order valence-corrected chi connectivity index (χ4v) is 3.15. The fraction of sp³-hybridized carbons (Fsp3) is 0.611. The first-order valence-corrected chi connectivity index (χ1v) is 8.28. The summed E-state index contributed by atoms with van der Waals surface area (Å²) < 4.78 is 21.2. The van der Waals surface area contributed by atoms with E-state index in [0.717, 1.165) is 30.8 Å². The Kier molecular flexibility index (Phi) is 6.87. The highest BCUT2D eigenvalue weighted by atomic mass is 16.5. The number of carbonyl (C=O) groups excluding carboxylic acids is 1. The average Bonchev–Trinajstić information content (AvgIpc) is 2.62. The summed E-state index contributed by atoms with van der Waals surface area (Å²) in [6, 6.07) is 3.95. The van der Waals surface area contributed by atoms with Gasteiger partial charge in [0, 0.05) is 25.7 Å². The maximum atomic E-state index is 11.9. The van der Waals surface area contributed by atoms with Crippen LogP contribution in [0.25, 0.3) is 0 Å². The van der Waals surface area contributed by atoms with E-state index >= 15 is 0 Å². The largest absolute Gasteiger partial charge is 0.493 e. The van der Waals surface area contributed by atoms with Crippen LogP contribution in [0.3, 0.4) is 0 Å². The van der Waals surface area contributed by atoms with Gasteiger partial charge in [-0.25, -0.2) is 0 Å². The van der Waals surface area contributed by atoms with Crippen molar-refractivity contribution in [2.24, 2.45) is 0 Å². The molecule has 0 amide bonds. The van der Waals surface area contributed by atoms with E-state index in [1.807, 2.05) is 19.1 Å². The van der Waals surface area contributed by atoms with Gasteiger partial charge in [-0.2, -0.15) is 0 Å². The van der Waals surface area contributed by atoms with Crippen LogP contribution in [0.2, 0.25) is 0 Å². The molecule has 6 nitrogen and oxygen atoms in total. The lowest BCUT2D eigenvalue weighted by Gasteiger charge is -2.37. The van der Waals surface area contributed by atoms with E-state index in [0.29, 0.717) is 25.4 Å². The third-order valence-corrected chi connectivity index (χ3v) is 4.43. The molecule has 134 valence electrons. The molecule has 1 aliphatic heterocycles. The van der Waals surface area contributed by atoms with Gasteiger partial charge < -0.3 is 18.9 Å². The van der Waals surface area contributed by atoms with Gasteiger partial charge in [0.15, 0.2) is 11.5 Å². The van der Waals surface area contributed by atoms with E-state index in [9.17, 15) is 4.79 Å². The monoisotopic (exact) mass is 337 g/mol. The van der Waals surface area contributed by atoms with Crippen molar-refractivity contribution >= 4 is 5.97 Å². The lowest BCUT2D eigenvalue weighted by molar-refractivity contribution is -0.142. The number of fused-ring (bicyclic) bond motifs is 1. The molecule has 0 aromatic heterocycles. The average molecular weight is 337 g/mol. The van der Waals surface area contributed by atoms with Crippen LogP contribution >= 0.6 is 0 Å². The second-order valence-electron chi connectivity index (χ2n) is 5.68. The van der Waals surface area contributed by atoms with E-state index in [2.05, 4.69) is 4.90 Å². The molecule has 0 N–H and O–H groups in total. The Balaban J connectivity index is 2.32. The molecular weight excluding hydrogens is 310 g/mol. The van der Waals surface area contributed by atoms with E-state index in [1.54, 1.807) is 14.2 Å². The van der Waals surface area contributed by atoms with Gasteiger partial charge in [-0.1, -0.05) is 0 Å². The first kappa shape index (κ1) is 18.5. The minimum Gasteiger partial charge on any atom is -0.493 e. The number of esters is 1. The first-order valence-electron chi connectivity index (χ1n) is 8.28. The maximum absolute atomic E-state index is 11.9. The van der Waals surface area contributed by atoms with Crippen molar-refractivity contribution < 1.29 is 23.7 Å². The Morgan fingerprint density at radius 3 is 2.54 bits per heavy atom. The van der Waals surface area contributed by atoms with Crippen molar-refractivity contribution in [3.8, 4) is 11.5 Å². The van der Waals surface area contributed by atoms with Gasteiger partial charge in [0.2, 0.25) is 0 Å². The minimum atomic E-state index is -0.218. The zero-order valence-electron chi connectivity index (χ0n) is 15.0. The molecule has 0 aliphatic carbocycles. The van der Waals surface area contributed by atoms with Crippen LogP contribution in [-0.2, 0) is 20.7 Å². The number of hydrogen-bond donors (Lipinski definition) is 0. The summed E-state index contributed by atoms with van der Waals surface area (Å²) in [7, 11) is 4.67. The molecule has 1 aliphatic rings. The number of ether oxygens (including phenoxy) is 4. The van der Waals surface area contributed by atoms with Crippen LogP contribution in [0.15, 0.2) is 12.1 Å². The third-order valence-electron chi connectivity index (χ3n) is 4.43.